The Morgan fingerprint density at radius 2 is 1.36 bits per heavy atom. The van der Waals surface area contributed by atoms with Crippen molar-refractivity contribution in [2.24, 2.45) is 4.99 Å². The second-order valence-corrected chi connectivity index (χ2v) is 5.51. The highest BCUT2D eigenvalue weighted by atomic mass is 16.5. The van der Waals surface area contributed by atoms with Gasteiger partial charge in [0.25, 0.3) is 0 Å². The normalized spacial score (nSPS) is 12.5. The van der Waals surface area contributed by atoms with Crippen LogP contribution in [-0.4, -0.2) is 34.2 Å². The van der Waals surface area contributed by atoms with Gasteiger partial charge in [-0.2, -0.15) is 0 Å². The smallest absolute Gasteiger partial charge is 0.169 e. The van der Waals surface area contributed by atoms with E-state index >= 15 is 0 Å². The van der Waals surface area contributed by atoms with Crippen molar-refractivity contribution in [2.45, 2.75) is 19.9 Å². The first-order chi connectivity index (χ1) is 12.1. The number of para-hydroxylation sites is 2. The molecule has 0 aliphatic heterocycles. The van der Waals surface area contributed by atoms with Gasteiger partial charge in [-0.25, -0.2) is 0 Å². The minimum absolute atomic E-state index is 0.110. The van der Waals surface area contributed by atoms with E-state index in [1.807, 2.05) is 50.2 Å². The summed E-state index contributed by atoms with van der Waals surface area (Å²) in [4.78, 5) is 4.83. The van der Waals surface area contributed by atoms with E-state index in [1.54, 1.807) is 28.4 Å². The molecule has 1 unspecified atom stereocenters. The summed E-state index contributed by atoms with van der Waals surface area (Å²) in [7, 11) is 6.51. The minimum Gasteiger partial charge on any atom is -0.493 e. The third-order valence-corrected chi connectivity index (χ3v) is 4.06. The summed E-state index contributed by atoms with van der Waals surface area (Å²) in [5, 5.41) is 0. The molecule has 0 aliphatic rings. The summed E-state index contributed by atoms with van der Waals surface area (Å²) in [5.74, 6) is 2.75. The van der Waals surface area contributed by atoms with Crippen molar-refractivity contribution in [2.75, 3.05) is 28.4 Å². The molecule has 2 aromatic carbocycles. The first kappa shape index (κ1) is 18.6. The lowest BCUT2D eigenvalue weighted by Gasteiger charge is -2.17. The molecular weight excluding hydrogens is 318 g/mol. The van der Waals surface area contributed by atoms with Crippen molar-refractivity contribution in [3.05, 3.63) is 47.5 Å². The number of ether oxygens (including phenoxy) is 4. The van der Waals surface area contributed by atoms with Crippen molar-refractivity contribution in [3.8, 4) is 23.0 Å². The highest BCUT2D eigenvalue weighted by molar-refractivity contribution is 6.02. The molecule has 0 N–H and O–H groups in total. The topological polar surface area (TPSA) is 49.3 Å². The van der Waals surface area contributed by atoms with Crippen molar-refractivity contribution < 1.29 is 18.9 Å². The Morgan fingerprint density at radius 1 is 0.800 bits per heavy atom. The third-order valence-electron chi connectivity index (χ3n) is 4.06. The van der Waals surface area contributed by atoms with Gasteiger partial charge in [0.1, 0.15) is 0 Å². The summed E-state index contributed by atoms with van der Waals surface area (Å²) in [6.07, 6.45) is 0. The second-order valence-electron chi connectivity index (χ2n) is 5.51. The molecule has 0 fully saturated rings. The van der Waals surface area contributed by atoms with Crippen LogP contribution in [0.15, 0.2) is 41.4 Å². The maximum atomic E-state index is 5.52. The molecule has 0 aliphatic carbocycles. The van der Waals surface area contributed by atoms with E-state index < -0.39 is 0 Å². The Balaban J connectivity index is 2.44. The van der Waals surface area contributed by atoms with Crippen LogP contribution in [-0.2, 0) is 0 Å². The Kier molecular flexibility index (Phi) is 6.28. The summed E-state index contributed by atoms with van der Waals surface area (Å²) >= 11 is 0. The van der Waals surface area contributed by atoms with E-state index in [-0.39, 0.29) is 6.04 Å². The van der Waals surface area contributed by atoms with Crippen LogP contribution in [0.5, 0.6) is 23.0 Å². The van der Waals surface area contributed by atoms with Crippen LogP contribution >= 0.6 is 0 Å². The van der Waals surface area contributed by atoms with E-state index in [0.29, 0.717) is 23.0 Å². The highest BCUT2D eigenvalue weighted by Gasteiger charge is 2.17. The van der Waals surface area contributed by atoms with E-state index in [2.05, 4.69) is 0 Å². The van der Waals surface area contributed by atoms with Gasteiger partial charge in [-0.15, -0.1) is 0 Å². The lowest BCUT2D eigenvalue weighted by Crippen LogP contribution is -2.04. The fourth-order valence-electron chi connectivity index (χ4n) is 2.84. The number of nitrogens with zero attached hydrogens (tertiary/aromatic N) is 1. The molecule has 0 aromatic heterocycles. The molecule has 0 heterocycles. The Morgan fingerprint density at radius 3 is 1.92 bits per heavy atom. The molecule has 0 saturated carbocycles. The van der Waals surface area contributed by atoms with Gasteiger partial charge < -0.3 is 18.9 Å². The zero-order chi connectivity index (χ0) is 18.4. The second kappa shape index (κ2) is 8.42. The fraction of sp³-hybridized carbons (Fsp3) is 0.350. The Bertz CT molecular complexity index is 755. The van der Waals surface area contributed by atoms with Gasteiger partial charge in [-0.05, 0) is 32.0 Å². The predicted molar refractivity (Wildman–Crippen MR) is 99.7 cm³/mol. The van der Waals surface area contributed by atoms with E-state index in [9.17, 15) is 0 Å². The molecule has 1 atom stereocenters. The van der Waals surface area contributed by atoms with Crippen molar-refractivity contribution in [1.82, 2.24) is 0 Å². The van der Waals surface area contributed by atoms with E-state index in [4.69, 9.17) is 23.9 Å². The fourth-order valence-corrected chi connectivity index (χ4v) is 2.84. The largest absolute Gasteiger partial charge is 0.493 e. The minimum atomic E-state index is -0.110. The van der Waals surface area contributed by atoms with E-state index in [0.717, 1.165) is 16.8 Å². The lowest BCUT2D eigenvalue weighted by molar-refractivity contribution is 0.350. The molecule has 5 heteroatoms. The van der Waals surface area contributed by atoms with Crippen LogP contribution in [0, 0.1) is 0 Å². The van der Waals surface area contributed by atoms with Crippen LogP contribution in [0.1, 0.15) is 31.0 Å². The zero-order valence-corrected chi connectivity index (χ0v) is 15.6. The Hall–Kier alpha value is -2.69. The molecule has 0 bridgehead atoms. The average Bonchev–Trinajstić information content (AvgIpc) is 2.65. The standard InChI is InChI=1S/C20H25NO4/c1-13(15-9-7-11-17(22-3)19(15)24-5)21-14(2)16-10-8-12-18(23-4)20(16)25-6/h7-13H,1-6H3. The summed E-state index contributed by atoms with van der Waals surface area (Å²) in [6, 6.07) is 11.4. The number of hydrogen-bond donors (Lipinski definition) is 0. The van der Waals surface area contributed by atoms with Crippen molar-refractivity contribution in [3.63, 3.8) is 0 Å². The quantitative estimate of drug-likeness (QED) is 0.704. The third kappa shape index (κ3) is 3.87. The van der Waals surface area contributed by atoms with Gasteiger partial charge in [0.2, 0.25) is 0 Å². The van der Waals surface area contributed by atoms with Crippen LogP contribution < -0.4 is 18.9 Å². The van der Waals surface area contributed by atoms with Crippen molar-refractivity contribution >= 4 is 5.71 Å². The van der Waals surface area contributed by atoms with Crippen LogP contribution in [0.2, 0.25) is 0 Å². The number of methoxy groups -OCH3 is 4. The molecule has 0 saturated heterocycles. The summed E-state index contributed by atoms with van der Waals surface area (Å²) in [6.45, 7) is 3.98. The molecule has 2 rings (SSSR count). The molecule has 25 heavy (non-hydrogen) atoms. The van der Waals surface area contributed by atoms with Gasteiger partial charge in [0.15, 0.2) is 23.0 Å². The highest BCUT2D eigenvalue weighted by Crippen LogP contribution is 2.37. The lowest BCUT2D eigenvalue weighted by atomic mass is 10.1. The number of hydrogen-bond acceptors (Lipinski definition) is 5. The maximum absolute atomic E-state index is 5.52. The van der Waals surface area contributed by atoms with Gasteiger partial charge >= 0.3 is 0 Å². The molecule has 0 radical (unpaired) electrons. The molecule has 2 aromatic rings. The maximum Gasteiger partial charge on any atom is 0.169 e. The molecule has 0 spiro atoms. The SMILES string of the molecule is COc1cccc(C(C)=NC(C)c2cccc(OC)c2OC)c1OC. The molecule has 134 valence electrons. The average molecular weight is 343 g/mol. The van der Waals surface area contributed by atoms with Crippen LogP contribution in [0.4, 0.5) is 0 Å². The van der Waals surface area contributed by atoms with E-state index in [1.165, 1.54) is 0 Å². The zero-order valence-electron chi connectivity index (χ0n) is 15.6. The number of rotatable bonds is 7. The van der Waals surface area contributed by atoms with Gasteiger partial charge in [0, 0.05) is 16.8 Å². The number of benzene rings is 2. The van der Waals surface area contributed by atoms with Gasteiger partial charge in [-0.1, -0.05) is 18.2 Å². The Labute approximate surface area is 149 Å². The predicted octanol–water partition coefficient (Wildman–Crippen LogP) is 4.29. The first-order valence-corrected chi connectivity index (χ1v) is 8.04. The van der Waals surface area contributed by atoms with Crippen LogP contribution in [0.25, 0.3) is 0 Å². The van der Waals surface area contributed by atoms with Crippen LogP contribution in [0.3, 0.4) is 0 Å². The number of aliphatic imine (C=N–C) groups is 1. The van der Waals surface area contributed by atoms with Gasteiger partial charge in [-0.3, -0.25) is 4.99 Å². The summed E-state index contributed by atoms with van der Waals surface area (Å²) in [5.41, 5.74) is 2.71. The first-order valence-electron chi connectivity index (χ1n) is 8.04. The van der Waals surface area contributed by atoms with Crippen molar-refractivity contribution in [1.29, 1.82) is 0 Å². The summed E-state index contributed by atoms with van der Waals surface area (Å²) < 4.78 is 21.8. The van der Waals surface area contributed by atoms with Gasteiger partial charge in [0.05, 0.1) is 34.5 Å². The molecule has 0 amide bonds. The molecular formula is C20H25NO4. The monoisotopic (exact) mass is 343 g/mol. The molecule has 5 nitrogen and oxygen atoms in total.